The van der Waals surface area contributed by atoms with E-state index in [2.05, 4.69) is 68.6 Å². The molecule has 6 rings (SSSR count). The highest BCUT2D eigenvalue weighted by atomic mass is 32.2. The summed E-state index contributed by atoms with van der Waals surface area (Å²) in [5.41, 5.74) is 2.05. The van der Waals surface area contributed by atoms with Crippen LogP contribution in [0.3, 0.4) is 0 Å². The molecule has 3 aromatic rings. The van der Waals surface area contributed by atoms with Gasteiger partial charge < -0.3 is 20.0 Å². The summed E-state index contributed by atoms with van der Waals surface area (Å²) in [6, 6.07) is 8.40. The van der Waals surface area contributed by atoms with Gasteiger partial charge in [-0.1, -0.05) is 44.2 Å². The van der Waals surface area contributed by atoms with Gasteiger partial charge in [-0.25, -0.2) is 9.97 Å². The quantitative estimate of drug-likeness (QED) is 0.193. The Labute approximate surface area is 284 Å². The molecular weight excluding hydrogens is 635 g/mol. The summed E-state index contributed by atoms with van der Waals surface area (Å²) in [6.45, 7) is 11.1. The molecule has 3 fully saturated rings. The maximum Gasteiger partial charge on any atom is 0.249 e. The van der Waals surface area contributed by atoms with Crippen molar-refractivity contribution in [1.82, 2.24) is 25.1 Å². The molecule has 1 unspecified atom stereocenters. The van der Waals surface area contributed by atoms with E-state index in [-0.39, 0.29) is 35.1 Å². The maximum atomic E-state index is 13.1. The zero-order chi connectivity index (χ0) is 33.0. The Bertz CT molecular complexity index is 1550. The predicted octanol–water partition coefficient (Wildman–Crippen LogP) is 5.25. The van der Waals surface area contributed by atoms with E-state index in [9.17, 15) is 14.4 Å². The summed E-state index contributed by atoms with van der Waals surface area (Å²) in [5.74, 6) is 1.83. The van der Waals surface area contributed by atoms with Crippen LogP contribution in [0.2, 0.25) is 0 Å². The molecule has 47 heavy (non-hydrogen) atoms. The number of hydrogen-bond donors (Lipinski definition) is 3. The summed E-state index contributed by atoms with van der Waals surface area (Å²) >= 11 is 3.11. The molecule has 3 amide bonds. The Morgan fingerprint density at radius 2 is 1.85 bits per heavy atom. The van der Waals surface area contributed by atoms with E-state index < -0.39 is 0 Å². The van der Waals surface area contributed by atoms with Crippen LogP contribution in [-0.2, 0) is 32.1 Å². The number of carbonyl (C=O) groups excluding carboxylic acids is 3. The zero-order valence-corrected chi connectivity index (χ0v) is 29.1. The first-order valence-corrected chi connectivity index (χ1v) is 18.4. The lowest BCUT2D eigenvalue weighted by molar-refractivity contribution is -0.133. The summed E-state index contributed by atoms with van der Waals surface area (Å²) in [7, 11) is 0. The number of amides is 3. The molecule has 0 bridgehead atoms. The van der Waals surface area contributed by atoms with Gasteiger partial charge in [-0.15, -0.1) is 11.8 Å². The molecule has 1 aromatic carbocycles. The molecule has 0 saturated carbocycles. The second-order valence-electron chi connectivity index (χ2n) is 13.8. The average molecular weight is 680 g/mol. The average Bonchev–Trinajstić information content (AvgIpc) is 3.72. The Kier molecular flexibility index (Phi) is 10.6. The van der Waals surface area contributed by atoms with Gasteiger partial charge in [0.05, 0.1) is 22.4 Å². The number of aromatic nitrogens is 2. The van der Waals surface area contributed by atoms with E-state index >= 15 is 0 Å². The Morgan fingerprint density at radius 3 is 2.57 bits per heavy atom. The number of imide groups is 1. The van der Waals surface area contributed by atoms with E-state index in [4.69, 9.17) is 4.42 Å². The fourth-order valence-electron chi connectivity index (χ4n) is 6.47. The molecule has 1 atom stereocenters. The molecule has 3 aliphatic heterocycles. The van der Waals surface area contributed by atoms with E-state index in [0.29, 0.717) is 35.7 Å². The van der Waals surface area contributed by atoms with Gasteiger partial charge in [0.2, 0.25) is 23.6 Å². The van der Waals surface area contributed by atoms with Crippen LogP contribution < -0.4 is 16.0 Å². The normalized spacial score (nSPS) is 20.7. The van der Waals surface area contributed by atoms with Crippen molar-refractivity contribution in [2.75, 3.05) is 36.8 Å². The molecule has 2 aromatic heterocycles. The minimum absolute atomic E-state index is 0.00976. The molecule has 0 spiro atoms. The minimum Gasteiger partial charge on any atom is -0.444 e. The first kappa shape index (κ1) is 33.6. The van der Waals surface area contributed by atoms with Crippen LogP contribution in [-0.4, -0.2) is 75.8 Å². The number of oxazole rings is 1. The monoisotopic (exact) mass is 679 g/mol. The Balaban J connectivity index is 0.896. The van der Waals surface area contributed by atoms with E-state index in [1.54, 1.807) is 18.0 Å². The van der Waals surface area contributed by atoms with Crippen molar-refractivity contribution in [1.29, 1.82) is 0 Å². The smallest absolute Gasteiger partial charge is 0.249 e. The molecule has 3 aliphatic rings. The van der Waals surface area contributed by atoms with Crippen LogP contribution in [0.5, 0.6) is 0 Å². The second-order valence-corrected chi connectivity index (χ2v) is 16.1. The summed E-state index contributed by atoms with van der Waals surface area (Å²) in [6.07, 6.45) is 8.46. The van der Waals surface area contributed by atoms with Crippen molar-refractivity contribution in [3.63, 3.8) is 0 Å². The number of thiazole rings is 1. The number of likely N-dealkylation sites (tertiary alicyclic amines) is 2. The molecule has 5 heterocycles. The van der Waals surface area contributed by atoms with Crippen molar-refractivity contribution in [2.45, 2.75) is 93.3 Å². The Morgan fingerprint density at radius 1 is 1.06 bits per heavy atom. The third-order valence-electron chi connectivity index (χ3n) is 9.23. The lowest BCUT2D eigenvalue weighted by atomic mass is 9.92. The highest BCUT2D eigenvalue weighted by Crippen LogP contribution is 2.33. The largest absolute Gasteiger partial charge is 0.444 e. The third-order valence-corrected chi connectivity index (χ3v) is 11.3. The number of rotatable bonds is 10. The molecular formula is C34H45N7O4S2. The number of benzene rings is 1. The van der Waals surface area contributed by atoms with Gasteiger partial charge in [-0.3, -0.25) is 24.6 Å². The standard InChI is InChI=1S/C34H45N7O4S2/c1-34(2,3)27-18-35-29(45-27)21-46-30-19-36-33(47-30)39-31(43)23-9-15-41(16-10-23)25-11-13-40(14-12-25)20-22-5-4-6-24(17-22)37-26-7-8-28(42)38-32(26)44/h4-6,17-19,23,25-26,37H,7-16,20-21H2,1-3H3,(H,36,39,43)(H,38,42,44). The first-order chi connectivity index (χ1) is 22.6. The van der Waals surface area contributed by atoms with Crippen LogP contribution >= 0.6 is 23.1 Å². The Hall–Kier alpha value is -3.26. The number of nitrogens with one attached hydrogen (secondary N) is 3. The molecule has 3 N–H and O–H groups in total. The van der Waals surface area contributed by atoms with E-state index in [0.717, 1.165) is 74.1 Å². The second kappa shape index (κ2) is 14.9. The highest BCUT2D eigenvalue weighted by molar-refractivity contribution is 8.00. The SMILES string of the molecule is CC(C)(C)c1cnc(CSc2cnc(NC(=O)C3CCN(C4CCN(Cc5cccc(NC6CCC(=O)NC6=O)c5)CC4)CC3)s2)o1. The van der Waals surface area contributed by atoms with Gasteiger partial charge in [0.15, 0.2) is 5.13 Å². The molecule has 252 valence electrons. The lowest BCUT2D eigenvalue weighted by Crippen LogP contribution is -2.48. The lowest BCUT2D eigenvalue weighted by Gasteiger charge is -2.41. The number of carbonyl (C=O) groups is 3. The molecule has 3 saturated heterocycles. The summed E-state index contributed by atoms with van der Waals surface area (Å²) in [4.78, 5) is 50.6. The van der Waals surface area contributed by atoms with Gasteiger partial charge in [0, 0.05) is 36.0 Å². The van der Waals surface area contributed by atoms with Crippen LogP contribution in [0.4, 0.5) is 10.8 Å². The minimum atomic E-state index is -0.378. The van der Waals surface area contributed by atoms with Crippen molar-refractivity contribution in [2.24, 2.45) is 5.92 Å². The van der Waals surface area contributed by atoms with Crippen molar-refractivity contribution in [3.8, 4) is 0 Å². The number of nitrogens with zero attached hydrogens (tertiary/aromatic N) is 4. The van der Waals surface area contributed by atoms with Crippen LogP contribution in [0.25, 0.3) is 0 Å². The van der Waals surface area contributed by atoms with Gasteiger partial charge >= 0.3 is 0 Å². The molecule has 0 radical (unpaired) electrons. The number of anilines is 2. The van der Waals surface area contributed by atoms with E-state index in [1.807, 2.05) is 18.3 Å². The zero-order valence-electron chi connectivity index (χ0n) is 27.4. The van der Waals surface area contributed by atoms with Crippen molar-refractivity contribution in [3.05, 3.63) is 53.9 Å². The number of piperidine rings is 3. The number of hydrogen-bond acceptors (Lipinski definition) is 11. The molecule has 0 aliphatic carbocycles. The number of thioether (sulfide) groups is 1. The van der Waals surface area contributed by atoms with Gasteiger partial charge in [-0.05, 0) is 76.0 Å². The van der Waals surface area contributed by atoms with Crippen molar-refractivity contribution >= 4 is 51.6 Å². The fourth-order valence-corrected chi connectivity index (χ4v) is 8.20. The van der Waals surface area contributed by atoms with Crippen molar-refractivity contribution < 1.29 is 18.8 Å². The van der Waals surface area contributed by atoms with E-state index in [1.165, 1.54) is 16.9 Å². The van der Waals surface area contributed by atoms with Crippen LogP contribution in [0, 0.1) is 5.92 Å². The van der Waals surface area contributed by atoms with Gasteiger partial charge in [0.25, 0.3) is 0 Å². The topological polar surface area (TPSA) is 133 Å². The van der Waals surface area contributed by atoms with Gasteiger partial charge in [-0.2, -0.15) is 0 Å². The van der Waals surface area contributed by atoms with Crippen LogP contribution in [0.15, 0.2) is 45.3 Å². The summed E-state index contributed by atoms with van der Waals surface area (Å²) in [5, 5.41) is 9.41. The predicted molar refractivity (Wildman–Crippen MR) is 184 cm³/mol. The van der Waals surface area contributed by atoms with Crippen LogP contribution in [0.1, 0.15) is 76.5 Å². The molecule has 13 heteroatoms. The van der Waals surface area contributed by atoms with Gasteiger partial charge in [0.1, 0.15) is 11.8 Å². The highest BCUT2D eigenvalue weighted by Gasteiger charge is 2.31. The maximum absolute atomic E-state index is 13.1. The first-order valence-electron chi connectivity index (χ1n) is 16.6. The fraction of sp³-hybridized carbons (Fsp3) is 0.559. The molecule has 11 nitrogen and oxygen atoms in total. The third kappa shape index (κ3) is 9.01. The summed E-state index contributed by atoms with van der Waals surface area (Å²) < 4.78 is 6.91.